The van der Waals surface area contributed by atoms with Gasteiger partial charge in [0.05, 0.1) is 18.0 Å². The number of alkyl halides is 1. The Morgan fingerprint density at radius 3 is 2.59 bits per heavy atom. The second kappa shape index (κ2) is 8.99. The molecule has 0 radical (unpaired) electrons. The lowest BCUT2D eigenvalue weighted by Gasteiger charge is -2.06. The molecule has 0 amide bonds. The van der Waals surface area contributed by atoms with E-state index in [9.17, 15) is 19.7 Å². The van der Waals surface area contributed by atoms with Crippen LogP contribution in [0.1, 0.15) is 25.3 Å². The molecule has 0 heterocycles. The van der Waals surface area contributed by atoms with E-state index in [0.717, 1.165) is 0 Å². The molecule has 0 saturated carbocycles. The number of ether oxygens (including phenoxy) is 2. The van der Waals surface area contributed by atoms with Gasteiger partial charge in [0.15, 0.2) is 0 Å². The largest absolute Gasteiger partial charge is 0.466 e. The molecule has 1 aromatic rings. The van der Waals surface area contributed by atoms with E-state index >= 15 is 0 Å². The molecule has 0 aliphatic rings. The lowest BCUT2D eigenvalue weighted by molar-refractivity contribution is -0.385. The Hall–Kier alpha value is -2.15. The van der Waals surface area contributed by atoms with Gasteiger partial charge in [-0.1, -0.05) is 6.07 Å². The quantitative estimate of drug-likeness (QED) is 0.239. The summed E-state index contributed by atoms with van der Waals surface area (Å²) in [6, 6.07) is 4.18. The Labute approximate surface area is 132 Å². The van der Waals surface area contributed by atoms with Crippen LogP contribution in [0.2, 0.25) is 0 Å². The van der Waals surface area contributed by atoms with E-state index in [0.29, 0.717) is 12.0 Å². The lowest BCUT2D eigenvalue weighted by atomic mass is 10.1. The fourth-order valence-electron chi connectivity index (χ4n) is 1.68. The average molecular weight is 330 g/mol. The number of halogens is 1. The van der Waals surface area contributed by atoms with Crippen molar-refractivity contribution >= 4 is 29.2 Å². The average Bonchev–Trinajstić information content (AvgIpc) is 2.46. The molecular weight excluding hydrogens is 314 g/mol. The molecular formula is C14H16ClNO6. The summed E-state index contributed by atoms with van der Waals surface area (Å²) >= 11 is 5.41. The fraction of sp³-hybridized carbons (Fsp3) is 0.429. The molecule has 0 spiro atoms. The zero-order chi connectivity index (χ0) is 16.5. The highest BCUT2D eigenvalue weighted by Crippen LogP contribution is 2.28. The third-order valence-corrected chi connectivity index (χ3v) is 2.85. The molecule has 0 fully saturated rings. The summed E-state index contributed by atoms with van der Waals surface area (Å²) in [6.07, 6.45) is 0.384. The number of nitro benzene ring substituents is 1. The maximum absolute atomic E-state index is 11.4. The van der Waals surface area contributed by atoms with Crippen LogP contribution in [-0.2, 0) is 20.7 Å². The molecule has 0 atom stereocenters. The highest BCUT2D eigenvalue weighted by molar-refractivity contribution is 6.18. The smallest absolute Gasteiger partial charge is 0.312 e. The number of carbonyl (C=O) groups excluding carboxylic acids is 2. The van der Waals surface area contributed by atoms with Gasteiger partial charge in [-0.05, 0) is 25.0 Å². The topological polar surface area (TPSA) is 95.7 Å². The van der Waals surface area contributed by atoms with Gasteiger partial charge < -0.3 is 9.47 Å². The van der Waals surface area contributed by atoms with Crippen molar-refractivity contribution < 1.29 is 24.0 Å². The normalized spacial score (nSPS) is 10.1. The zero-order valence-electron chi connectivity index (χ0n) is 12.0. The van der Waals surface area contributed by atoms with E-state index in [4.69, 9.17) is 21.1 Å². The Balaban J connectivity index is 2.83. The van der Waals surface area contributed by atoms with Crippen molar-refractivity contribution in [1.29, 1.82) is 0 Å². The van der Waals surface area contributed by atoms with E-state index in [1.165, 1.54) is 12.1 Å². The van der Waals surface area contributed by atoms with E-state index in [1.807, 2.05) is 0 Å². The molecule has 22 heavy (non-hydrogen) atoms. The first kappa shape index (κ1) is 17.9. The molecule has 0 N–H and O–H groups in total. The van der Waals surface area contributed by atoms with Crippen LogP contribution >= 0.6 is 11.6 Å². The van der Waals surface area contributed by atoms with Gasteiger partial charge in [-0.2, -0.15) is 0 Å². The van der Waals surface area contributed by atoms with Crippen molar-refractivity contribution in [3.8, 4) is 5.75 Å². The number of nitrogens with zero attached hydrogens (tertiary/aromatic N) is 1. The van der Waals surface area contributed by atoms with Crippen LogP contribution in [0.5, 0.6) is 5.75 Å². The zero-order valence-corrected chi connectivity index (χ0v) is 12.8. The number of hydrogen-bond acceptors (Lipinski definition) is 6. The van der Waals surface area contributed by atoms with Gasteiger partial charge in [-0.3, -0.25) is 19.7 Å². The Kier molecular flexibility index (Phi) is 7.31. The van der Waals surface area contributed by atoms with Gasteiger partial charge in [0.25, 0.3) is 0 Å². The first-order valence-corrected chi connectivity index (χ1v) is 7.21. The molecule has 0 unspecified atom stereocenters. The fourth-order valence-corrected chi connectivity index (χ4v) is 1.83. The van der Waals surface area contributed by atoms with Gasteiger partial charge in [0.1, 0.15) is 0 Å². The number of benzene rings is 1. The lowest BCUT2D eigenvalue weighted by Crippen LogP contribution is -2.10. The van der Waals surface area contributed by atoms with Gasteiger partial charge in [-0.25, -0.2) is 0 Å². The number of aryl methyl sites for hydroxylation is 1. The predicted molar refractivity (Wildman–Crippen MR) is 79.0 cm³/mol. The first-order chi connectivity index (χ1) is 10.5. The van der Waals surface area contributed by atoms with Gasteiger partial charge >= 0.3 is 17.6 Å². The third kappa shape index (κ3) is 5.69. The van der Waals surface area contributed by atoms with Crippen LogP contribution in [0.15, 0.2) is 18.2 Å². The number of hydrogen-bond donors (Lipinski definition) is 0. The van der Waals surface area contributed by atoms with Crippen molar-refractivity contribution in [2.45, 2.75) is 26.2 Å². The summed E-state index contributed by atoms with van der Waals surface area (Å²) in [4.78, 5) is 33.1. The standard InChI is InChI=1S/C14H16ClNO6/c1-2-21-13(17)6-4-10-3-5-12(11(9-10)16(19)20)22-14(18)7-8-15/h3,5,9H,2,4,6-8H2,1H3. The van der Waals surface area contributed by atoms with Gasteiger partial charge in [0, 0.05) is 18.4 Å². The molecule has 1 rings (SSSR count). The molecule has 7 nitrogen and oxygen atoms in total. The maximum Gasteiger partial charge on any atom is 0.312 e. The highest BCUT2D eigenvalue weighted by atomic mass is 35.5. The van der Waals surface area contributed by atoms with Crippen molar-refractivity contribution in [3.05, 3.63) is 33.9 Å². The summed E-state index contributed by atoms with van der Waals surface area (Å²) in [5, 5.41) is 11.1. The van der Waals surface area contributed by atoms with E-state index < -0.39 is 10.9 Å². The minimum atomic E-state index is -0.642. The minimum Gasteiger partial charge on any atom is -0.466 e. The monoisotopic (exact) mass is 329 g/mol. The first-order valence-electron chi connectivity index (χ1n) is 6.67. The van der Waals surface area contributed by atoms with E-state index in [2.05, 4.69) is 0 Å². The molecule has 0 aliphatic heterocycles. The summed E-state index contributed by atoms with van der Waals surface area (Å²) in [7, 11) is 0. The number of esters is 2. The summed E-state index contributed by atoms with van der Waals surface area (Å²) < 4.78 is 9.70. The Morgan fingerprint density at radius 1 is 1.27 bits per heavy atom. The molecule has 1 aromatic carbocycles. The predicted octanol–water partition coefficient (Wildman–Crippen LogP) is 2.62. The molecule has 8 heteroatoms. The maximum atomic E-state index is 11.4. The third-order valence-electron chi connectivity index (χ3n) is 2.67. The molecule has 120 valence electrons. The second-order valence-electron chi connectivity index (χ2n) is 4.28. The van der Waals surface area contributed by atoms with Crippen molar-refractivity contribution in [2.24, 2.45) is 0 Å². The molecule has 0 aromatic heterocycles. The minimum absolute atomic E-state index is 0.0384. The van der Waals surface area contributed by atoms with Crippen LogP contribution in [0, 0.1) is 10.1 Å². The van der Waals surface area contributed by atoms with Crippen LogP contribution < -0.4 is 4.74 Å². The summed E-state index contributed by atoms with van der Waals surface area (Å²) in [6.45, 7) is 1.99. The van der Waals surface area contributed by atoms with E-state index in [-0.39, 0.29) is 42.7 Å². The molecule has 0 bridgehead atoms. The SMILES string of the molecule is CCOC(=O)CCc1ccc(OC(=O)CCCl)c([N+](=O)[O-])c1. The van der Waals surface area contributed by atoms with Crippen LogP contribution in [0.25, 0.3) is 0 Å². The molecule has 0 aliphatic carbocycles. The number of nitro groups is 1. The van der Waals surface area contributed by atoms with Crippen LogP contribution in [0.4, 0.5) is 5.69 Å². The highest BCUT2D eigenvalue weighted by Gasteiger charge is 2.19. The van der Waals surface area contributed by atoms with Gasteiger partial charge in [-0.15, -0.1) is 11.6 Å². The van der Waals surface area contributed by atoms with Gasteiger partial charge in [0.2, 0.25) is 5.75 Å². The molecule has 0 saturated heterocycles. The summed E-state index contributed by atoms with van der Waals surface area (Å²) in [5.41, 5.74) is 0.251. The van der Waals surface area contributed by atoms with Crippen molar-refractivity contribution in [1.82, 2.24) is 0 Å². The van der Waals surface area contributed by atoms with E-state index in [1.54, 1.807) is 13.0 Å². The van der Waals surface area contributed by atoms with Crippen molar-refractivity contribution in [2.75, 3.05) is 12.5 Å². The number of carbonyl (C=O) groups is 2. The summed E-state index contributed by atoms with van der Waals surface area (Å²) in [5.74, 6) is -1.08. The second-order valence-corrected chi connectivity index (χ2v) is 4.66. The number of rotatable bonds is 8. The van der Waals surface area contributed by atoms with Crippen molar-refractivity contribution in [3.63, 3.8) is 0 Å². The Morgan fingerprint density at radius 2 is 2.00 bits per heavy atom. The van der Waals surface area contributed by atoms with Crippen LogP contribution in [-0.4, -0.2) is 29.3 Å². The van der Waals surface area contributed by atoms with Crippen LogP contribution in [0.3, 0.4) is 0 Å². The Bertz CT molecular complexity index is 560.